The minimum atomic E-state index is 0. The minimum absolute atomic E-state index is 0. The van der Waals surface area contributed by atoms with Gasteiger partial charge >= 0.3 is 51.4 Å². The van der Waals surface area contributed by atoms with Crippen LogP contribution in [-0.2, 0) is 0 Å². The van der Waals surface area contributed by atoms with Crippen molar-refractivity contribution in [3.05, 3.63) is 5.21 Å². The molecule has 0 spiro atoms. The van der Waals surface area contributed by atoms with E-state index in [0.29, 0.717) is 12.4 Å². The fraction of sp³-hybridized carbons (Fsp3) is 1.00. The van der Waals surface area contributed by atoms with Crippen molar-refractivity contribution in [3.8, 4) is 0 Å². The van der Waals surface area contributed by atoms with Crippen LogP contribution in [-0.4, -0.2) is 12.4 Å². The van der Waals surface area contributed by atoms with Crippen molar-refractivity contribution >= 4 is 11.6 Å². The van der Waals surface area contributed by atoms with E-state index in [-0.39, 0.29) is 51.4 Å². The maximum atomic E-state index is 9.09. The molecule has 0 bridgehead atoms. The Labute approximate surface area is 89.5 Å². The van der Waals surface area contributed by atoms with Crippen LogP contribution < -0.4 is 51.4 Å². The van der Waals surface area contributed by atoms with Crippen molar-refractivity contribution in [2.24, 2.45) is 10.4 Å². The van der Waals surface area contributed by atoms with Crippen LogP contribution >= 0.6 is 11.6 Å². The molecule has 0 aromatic rings. The molecule has 0 saturated carbocycles. The third-order valence-electron chi connectivity index (χ3n) is 0.242. The van der Waals surface area contributed by atoms with Gasteiger partial charge in [-0.2, -0.15) is 5.11 Å². The molecule has 0 N–H and O–H groups in total. The summed E-state index contributed by atoms with van der Waals surface area (Å²) in [6.07, 6.45) is 0. The molecule has 5 heteroatoms. The Morgan fingerprint density at radius 3 is 2.29 bits per heavy atom. The molecule has 3 nitrogen and oxygen atoms in total. The average molecular weight is 147 g/mol. The molecule has 0 aliphatic rings. The summed E-state index contributed by atoms with van der Waals surface area (Å²) in [7, 11) is 0. The topological polar surface area (TPSA) is 47.8 Å². The second-order valence-electron chi connectivity index (χ2n) is 0.636. The van der Waals surface area contributed by atoms with Gasteiger partial charge in [0.25, 0.3) is 0 Å². The van der Waals surface area contributed by atoms with Gasteiger partial charge < -0.3 is 5.21 Å². The quantitative estimate of drug-likeness (QED) is 0.196. The summed E-state index contributed by atoms with van der Waals surface area (Å²) in [4.78, 5) is 0. The van der Waals surface area contributed by atoms with E-state index in [4.69, 9.17) is 16.8 Å². The van der Waals surface area contributed by atoms with Crippen molar-refractivity contribution in [2.45, 2.75) is 0 Å². The monoisotopic (exact) mass is 146 g/mol. The fourth-order valence-electron chi connectivity index (χ4n) is 0.0786. The SMILES string of the molecule is [K+].[O-]N=NCCCl. The molecule has 0 aromatic carbocycles. The summed E-state index contributed by atoms with van der Waals surface area (Å²) in [6.45, 7) is 0.324. The second-order valence-corrected chi connectivity index (χ2v) is 1.01. The Morgan fingerprint density at radius 2 is 2.14 bits per heavy atom. The normalized spacial score (nSPS) is 8.71. The van der Waals surface area contributed by atoms with E-state index >= 15 is 0 Å². The molecule has 0 unspecified atom stereocenters. The molecule has 0 aromatic heterocycles. The van der Waals surface area contributed by atoms with Crippen LogP contribution in [0.15, 0.2) is 10.4 Å². The Bertz CT molecular complexity index is 51.0. The largest absolute Gasteiger partial charge is 1.00 e. The number of rotatable bonds is 2. The number of nitrogens with zero attached hydrogens (tertiary/aromatic N) is 2. The Kier molecular flexibility index (Phi) is 16.5. The van der Waals surface area contributed by atoms with Gasteiger partial charge in [0.05, 0.1) is 6.54 Å². The van der Waals surface area contributed by atoms with Gasteiger partial charge in [-0.25, -0.2) is 5.28 Å². The van der Waals surface area contributed by atoms with Crippen molar-refractivity contribution in [3.63, 3.8) is 0 Å². The molecule has 0 aliphatic carbocycles. The smallest absolute Gasteiger partial charge is 0.775 e. The zero-order valence-electron chi connectivity index (χ0n) is 4.09. The summed E-state index contributed by atoms with van der Waals surface area (Å²) in [5, 5.41) is 14.3. The number of alkyl halides is 1. The molecule has 7 heavy (non-hydrogen) atoms. The van der Waals surface area contributed by atoms with E-state index in [2.05, 4.69) is 10.4 Å². The average Bonchev–Trinajstić information content (AvgIpc) is 1.61. The maximum absolute atomic E-state index is 9.09. The van der Waals surface area contributed by atoms with E-state index in [1.54, 1.807) is 0 Å². The first-order valence-electron chi connectivity index (χ1n) is 1.47. The number of hydrogen-bond acceptors (Lipinski definition) is 3. The maximum Gasteiger partial charge on any atom is 1.00 e. The molecule has 0 saturated heterocycles. The summed E-state index contributed by atoms with van der Waals surface area (Å²) in [5.41, 5.74) is 0. The molecule has 0 atom stereocenters. The zero-order chi connectivity index (χ0) is 4.83. The molecule has 0 aliphatic heterocycles. The summed E-state index contributed by atoms with van der Waals surface area (Å²) < 4.78 is 0. The first kappa shape index (κ1) is 11.2. The third-order valence-corrected chi connectivity index (χ3v) is 0.411. The molecule has 0 rings (SSSR count). The van der Waals surface area contributed by atoms with Crippen LogP contribution in [0, 0.1) is 5.21 Å². The van der Waals surface area contributed by atoms with Crippen LogP contribution in [0.1, 0.15) is 0 Å². The van der Waals surface area contributed by atoms with E-state index in [0.717, 1.165) is 0 Å². The van der Waals surface area contributed by atoms with Gasteiger partial charge in [0.2, 0.25) is 0 Å². The molecule has 0 amide bonds. The van der Waals surface area contributed by atoms with Gasteiger partial charge in [0, 0.05) is 5.88 Å². The van der Waals surface area contributed by atoms with Crippen molar-refractivity contribution in [1.82, 2.24) is 0 Å². The van der Waals surface area contributed by atoms with Crippen molar-refractivity contribution in [2.75, 3.05) is 12.4 Å². The summed E-state index contributed by atoms with van der Waals surface area (Å²) in [6, 6.07) is 0. The number of halogens is 1. The fourth-order valence-corrected chi connectivity index (χ4v) is 0.154. The molecule has 0 heterocycles. The third kappa shape index (κ3) is 11.1. The molecule has 0 fully saturated rings. The predicted molar refractivity (Wildman–Crippen MR) is 23.8 cm³/mol. The van der Waals surface area contributed by atoms with Crippen LogP contribution in [0.2, 0.25) is 0 Å². The van der Waals surface area contributed by atoms with Gasteiger partial charge in [-0.3, -0.25) is 0 Å². The summed E-state index contributed by atoms with van der Waals surface area (Å²) >= 11 is 5.09. The van der Waals surface area contributed by atoms with E-state index in [9.17, 15) is 0 Å². The van der Waals surface area contributed by atoms with Gasteiger partial charge in [0.1, 0.15) is 0 Å². The van der Waals surface area contributed by atoms with Crippen LogP contribution in [0.4, 0.5) is 0 Å². The molecule has 0 radical (unpaired) electrons. The Hall–Kier alpha value is 1.33. The minimum Gasteiger partial charge on any atom is -0.775 e. The van der Waals surface area contributed by atoms with Crippen LogP contribution in [0.5, 0.6) is 0 Å². The van der Waals surface area contributed by atoms with Crippen molar-refractivity contribution in [1.29, 1.82) is 0 Å². The summed E-state index contributed by atoms with van der Waals surface area (Å²) in [5.74, 6) is 0.367. The number of hydrogen-bond donors (Lipinski definition) is 0. The standard InChI is InChI=1S/C2H5ClN2O.K/c3-1-2-4-5-6;/h1-2H2,(H,4,6);/q;+1/p-1. The first-order chi connectivity index (χ1) is 2.91. The zero-order valence-corrected chi connectivity index (χ0v) is 7.97. The second kappa shape index (κ2) is 10.3. The van der Waals surface area contributed by atoms with E-state index in [1.165, 1.54) is 0 Å². The molecular formula is C2H4ClKN2O. The van der Waals surface area contributed by atoms with Gasteiger partial charge in [0.15, 0.2) is 0 Å². The van der Waals surface area contributed by atoms with Crippen LogP contribution in [0.3, 0.4) is 0 Å². The Balaban J connectivity index is 0. The predicted octanol–water partition coefficient (Wildman–Crippen LogP) is -1.82. The van der Waals surface area contributed by atoms with Crippen LogP contribution in [0.25, 0.3) is 0 Å². The molecule has 36 valence electrons. The Morgan fingerprint density at radius 1 is 1.57 bits per heavy atom. The van der Waals surface area contributed by atoms with E-state index in [1.807, 2.05) is 0 Å². The van der Waals surface area contributed by atoms with Gasteiger partial charge in [-0.05, 0) is 0 Å². The molecular weight excluding hydrogens is 143 g/mol. The van der Waals surface area contributed by atoms with Gasteiger partial charge in [-0.1, -0.05) is 0 Å². The van der Waals surface area contributed by atoms with Gasteiger partial charge in [-0.15, -0.1) is 11.6 Å². The van der Waals surface area contributed by atoms with Crippen molar-refractivity contribution < 1.29 is 51.4 Å². The first-order valence-corrected chi connectivity index (χ1v) is 2.00. The van der Waals surface area contributed by atoms with E-state index < -0.39 is 0 Å².